The first kappa shape index (κ1) is 17.6. The number of nitrogen functional groups attached to an aromatic ring is 1. The van der Waals surface area contributed by atoms with Crippen molar-refractivity contribution >= 4 is 17.6 Å². The van der Waals surface area contributed by atoms with Crippen molar-refractivity contribution in [3.8, 4) is 5.75 Å². The second kappa shape index (κ2) is 8.26. The van der Waals surface area contributed by atoms with E-state index in [-0.39, 0.29) is 5.95 Å². The molecule has 0 saturated heterocycles. The van der Waals surface area contributed by atoms with Crippen LogP contribution in [-0.2, 0) is 13.1 Å². The molecular formula is C19H22N6O. The number of rotatable bonds is 7. The van der Waals surface area contributed by atoms with Crippen molar-refractivity contribution in [3.63, 3.8) is 0 Å². The predicted octanol–water partition coefficient (Wildman–Crippen LogP) is 2.84. The Balaban J connectivity index is 1.68. The highest BCUT2D eigenvalue weighted by molar-refractivity contribution is 5.55. The Morgan fingerprint density at radius 1 is 0.962 bits per heavy atom. The van der Waals surface area contributed by atoms with Gasteiger partial charge >= 0.3 is 0 Å². The lowest BCUT2D eigenvalue weighted by Gasteiger charge is -2.16. The molecule has 3 aromatic rings. The summed E-state index contributed by atoms with van der Waals surface area (Å²) in [5.74, 6) is 2.02. The van der Waals surface area contributed by atoms with Crippen molar-refractivity contribution in [1.29, 1.82) is 0 Å². The molecule has 0 saturated carbocycles. The fraction of sp³-hybridized carbons (Fsp3) is 0.211. The highest BCUT2D eigenvalue weighted by atomic mass is 16.5. The highest BCUT2D eigenvalue weighted by Gasteiger charge is 2.08. The van der Waals surface area contributed by atoms with E-state index >= 15 is 0 Å². The van der Waals surface area contributed by atoms with Crippen molar-refractivity contribution in [2.45, 2.75) is 13.1 Å². The molecule has 3 rings (SSSR count). The third-order valence-corrected chi connectivity index (χ3v) is 3.75. The Bertz CT molecular complexity index is 838. The molecule has 0 amide bonds. The van der Waals surface area contributed by atoms with Gasteiger partial charge in [0.1, 0.15) is 11.6 Å². The van der Waals surface area contributed by atoms with Gasteiger partial charge in [-0.05, 0) is 36.9 Å². The maximum Gasteiger partial charge on any atom is 0.232 e. The molecule has 0 fully saturated rings. The minimum atomic E-state index is 0.194. The van der Waals surface area contributed by atoms with Crippen LogP contribution in [0, 0.1) is 0 Å². The van der Waals surface area contributed by atoms with E-state index in [0.29, 0.717) is 18.3 Å². The summed E-state index contributed by atoms with van der Waals surface area (Å²) in [5.41, 5.74) is 7.92. The largest absolute Gasteiger partial charge is 0.497 e. The fourth-order valence-corrected chi connectivity index (χ4v) is 2.56. The second-order valence-corrected chi connectivity index (χ2v) is 5.94. The lowest BCUT2D eigenvalue weighted by molar-refractivity contribution is 0.310. The Hall–Kier alpha value is -3.19. The molecule has 26 heavy (non-hydrogen) atoms. The average molecular weight is 350 g/mol. The Morgan fingerprint density at radius 2 is 1.69 bits per heavy atom. The zero-order valence-corrected chi connectivity index (χ0v) is 14.9. The zero-order valence-electron chi connectivity index (χ0n) is 14.9. The number of hydrogen-bond acceptors (Lipinski definition) is 7. The van der Waals surface area contributed by atoms with E-state index in [1.807, 2.05) is 49.5 Å². The Labute approximate surface area is 152 Å². The number of aromatic nitrogens is 3. The summed E-state index contributed by atoms with van der Waals surface area (Å²) in [6.07, 6.45) is 0. The van der Waals surface area contributed by atoms with Gasteiger partial charge in [0.05, 0.1) is 13.7 Å². The van der Waals surface area contributed by atoms with Gasteiger partial charge in [0, 0.05) is 12.2 Å². The number of hydrogen-bond donors (Lipinski definition) is 2. The average Bonchev–Trinajstić information content (AvgIpc) is 2.62. The maximum atomic E-state index is 5.85. The number of anilines is 3. The normalized spacial score (nSPS) is 10.7. The van der Waals surface area contributed by atoms with E-state index in [9.17, 15) is 0 Å². The molecule has 7 heteroatoms. The SMILES string of the molecule is COc1ccc(Nc2nc(N)nc(CN(C)Cc3ccccc3)n2)cc1. The number of benzene rings is 2. The van der Waals surface area contributed by atoms with E-state index < -0.39 is 0 Å². The van der Waals surface area contributed by atoms with Crippen LogP contribution < -0.4 is 15.8 Å². The molecule has 0 radical (unpaired) electrons. The first-order chi connectivity index (χ1) is 12.6. The van der Waals surface area contributed by atoms with E-state index in [0.717, 1.165) is 18.0 Å². The monoisotopic (exact) mass is 350 g/mol. The lowest BCUT2D eigenvalue weighted by atomic mass is 10.2. The minimum absolute atomic E-state index is 0.194. The Kier molecular flexibility index (Phi) is 5.60. The smallest absolute Gasteiger partial charge is 0.232 e. The van der Waals surface area contributed by atoms with Gasteiger partial charge in [-0.1, -0.05) is 30.3 Å². The number of methoxy groups -OCH3 is 1. The van der Waals surface area contributed by atoms with Gasteiger partial charge in [0.25, 0.3) is 0 Å². The van der Waals surface area contributed by atoms with Crippen LogP contribution in [0.5, 0.6) is 5.75 Å². The van der Waals surface area contributed by atoms with Gasteiger partial charge in [0.2, 0.25) is 11.9 Å². The third kappa shape index (κ3) is 4.90. The van der Waals surface area contributed by atoms with Gasteiger partial charge in [-0.15, -0.1) is 0 Å². The summed E-state index contributed by atoms with van der Waals surface area (Å²) in [4.78, 5) is 15.0. The number of ether oxygens (including phenoxy) is 1. The van der Waals surface area contributed by atoms with Crippen LogP contribution in [-0.4, -0.2) is 34.0 Å². The zero-order chi connectivity index (χ0) is 18.4. The highest BCUT2D eigenvalue weighted by Crippen LogP contribution is 2.18. The summed E-state index contributed by atoms with van der Waals surface area (Å²) in [7, 11) is 3.65. The molecule has 1 heterocycles. The quantitative estimate of drug-likeness (QED) is 0.677. The van der Waals surface area contributed by atoms with E-state index in [2.05, 4.69) is 37.3 Å². The van der Waals surface area contributed by atoms with Crippen LogP contribution in [0.15, 0.2) is 54.6 Å². The van der Waals surface area contributed by atoms with Crippen molar-refractivity contribution in [3.05, 3.63) is 66.0 Å². The maximum absolute atomic E-state index is 5.85. The molecule has 0 bridgehead atoms. The summed E-state index contributed by atoms with van der Waals surface area (Å²) < 4.78 is 5.16. The lowest BCUT2D eigenvalue weighted by Crippen LogP contribution is -2.20. The van der Waals surface area contributed by atoms with Crippen molar-refractivity contribution in [2.24, 2.45) is 0 Å². The molecule has 0 aliphatic rings. The summed E-state index contributed by atoms with van der Waals surface area (Å²) in [6.45, 7) is 1.37. The first-order valence-electron chi connectivity index (χ1n) is 8.26. The van der Waals surface area contributed by atoms with Crippen molar-refractivity contribution < 1.29 is 4.74 Å². The number of nitrogens with zero attached hydrogens (tertiary/aromatic N) is 4. The van der Waals surface area contributed by atoms with Crippen molar-refractivity contribution in [1.82, 2.24) is 19.9 Å². The van der Waals surface area contributed by atoms with Crippen molar-refractivity contribution in [2.75, 3.05) is 25.2 Å². The molecule has 0 unspecified atom stereocenters. The molecule has 134 valence electrons. The molecular weight excluding hydrogens is 328 g/mol. The predicted molar refractivity (Wildman–Crippen MR) is 102 cm³/mol. The molecule has 0 aliphatic heterocycles. The molecule has 0 spiro atoms. The molecule has 0 atom stereocenters. The van der Waals surface area contributed by atoms with Gasteiger partial charge in [-0.2, -0.15) is 15.0 Å². The molecule has 7 nitrogen and oxygen atoms in total. The van der Waals surface area contributed by atoms with Gasteiger partial charge in [-0.25, -0.2) is 0 Å². The first-order valence-corrected chi connectivity index (χ1v) is 8.26. The van der Waals surface area contributed by atoms with E-state index in [1.165, 1.54) is 5.56 Å². The minimum Gasteiger partial charge on any atom is -0.497 e. The second-order valence-electron chi connectivity index (χ2n) is 5.94. The van der Waals surface area contributed by atoms with E-state index in [4.69, 9.17) is 10.5 Å². The van der Waals surface area contributed by atoms with Crippen LogP contribution in [0.2, 0.25) is 0 Å². The van der Waals surface area contributed by atoms with Gasteiger partial charge in [-0.3, -0.25) is 4.90 Å². The van der Waals surface area contributed by atoms with Crippen LogP contribution in [0.1, 0.15) is 11.4 Å². The van der Waals surface area contributed by atoms with Crippen LogP contribution >= 0.6 is 0 Å². The number of nitrogens with two attached hydrogens (primary N) is 1. The topological polar surface area (TPSA) is 89.2 Å². The third-order valence-electron chi connectivity index (χ3n) is 3.75. The van der Waals surface area contributed by atoms with Gasteiger partial charge in [0.15, 0.2) is 0 Å². The molecule has 3 N–H and O–H groups in total. The Morgan fingerprint density at radius 3 is 2.38 bits per heavy atom. The van der Waals surface area contributed by atoms with Crippen LogP contribution in [0.3, 0.4) is 0 Å². The standard InChI is InChI=1S/C19H22N6O/c1-25(12-14-6-4-3-5-7-14)13-17-22-18(20)24-19(23-17)21-15-8-10-16(26-2)11-9-15/h3-11H,12-13H2,1-2H3,(H3,20,21,22,23,24). The summed E-state index contributed by atoms with van der Waals surface area (Å²) in [5, 5.41) is 3.14. The fourth-order valence-electron chi connectivity index (χ4n) is 2.56. The summed E-state index contributed by atoms with van der Waals surface area (Å²) in [6, 6.07) is 17.8. The molecule has 0 aliphatic carbocycles. The van der Waals surface area contributed by atoms with E-state index in [1.54, 1.807) is 7.11 Å². The van der Waals surface area contributed by atoms with Crippen LogP contribution in [0.25, 0.3) is 0 Å². The van der Waals surface area contributed by atoms with Gasteiger partial charge < -0.3 is 15.8 Å². The molecule has 2 aromatic carbocycles. The molecule has 1 aromatic heterocycles. The number of nitrogens with one attached hydrogen (secondary N) is 1. The van der Waals surface area contributed by atoms with Crippen LogP contribution in [0.4, 0.5) is 17.6 Å². The summed E-state index contributed by atoms with van der Waals surface area (Å²) >= 11 is 0.